The van der Waals surface area contributed by atoms with E-state index in [4.69, 9.17) is 0 Å². The summed E-state index contributed by atoms with van der Waals surface area (Å²) in [6.45, 7) is 0. The van der Waals surface area contributed by atoms with E-state index in [2.05, 4.69) is 9.97 Å². The summed E-state index contributed by atoms with van der Waals surface area (Å²) < 4.78 is 0. The lowest BCUT2D eigenvalue weighted by molar-refractivity contribution is -0.386. The molecule has 0 aliphatic carbocycles. The fraction of sp³-hybridized carbons (Fsp3) is 0. The van der Waals surface area contributed by atoms with E-state index in [-0.39, 0.29) is 5.75 Å². The van der Waals surface area contributed by atoms with Crippen LogP contribution >= 0.6 is 0 Å². The highest BCUT2D eigenvalue weighted by Gasteiger charge is 2.16. The Labute approximate surface area is 78.0 Å². The summed E-state index contributed by atoms with van der Waals surface area (Å²) in [7, 11) is 0. The number of pyridine rings is 2. The second-order valence-corrected chi connectivity index (χ2v) is 2.64. The molecule has 0 spiro atoms. The minimum Gasteiger partial charge on any atom is -0.502 e. The first-order valence-electron chi connectivity index (χ1n) is 3.76. The number of aromatic nitrogens is 2. The molecule has 0 fully saturated rings. The Hall–Kier alpha value is -2.24. The zero-order valence-corrected chi connectivity index (χ0v) is 6.91. The third kappa shape index (κ3) is 1.13. The maximum absolute atomic E-state index is 10.5. The van der Waals surface area contributed by atoms with Gasteiger partial charge in [0.2, 0.25) is 5.75 Å². The van der Waals surface area contributed by atoms with Crippen molar-refractivity contribution in [2.75, 3.05) is 0 Å². The van der Waals surface area contributed by atoms with Crippen LogP contribution in [0.3, 0.4) is 0 Å². The third-order valence-electron chi connectivity index (χ3n) is 1.82. The molecule has 6 heteroatoms. The first kappa shape index (κ1) is 8.36. The molecule has 2 rings (SSSR count). The largest absolute Gasteiger partial charge is 0.502 e. The molecule has 14 heavy (non-hydrogen) atoms. The van der Waals surface area contributed by atoms with E-state index in [9.17, 15) is 15.2 Å². The molecule has 0 unspecified atom stereocenters. The van der Waals surface area contributed by atoms with Gasteiger partial charge in [0.15, 0.2) is 0 Å². The van der Waals surface area contributed by atoms with Crippen LogP contribution in [0.25, 0.3) is 10.9 Å². The molecule has 0 radical (unpaired) electrons. The molecule has 0 bridgehead atoms. The first-order valence-corrected chi connectivity index (χ1v) is 3.76. The molecule has 6 nitrogen and oxygen atoms in total. The summed E-state index contributed by atoms with van der Waals surface area (Å²) in [5.41, 5.74) is 0.0271. The predicted molar refractivity (Wildman–Crippen MR) is 47.9 cm³/mol. The first-order chi connectivity index (χ1) is 6.70. The van der Waals surface area contributed by atoms with Gasteiger partial charge in [-0.2, -0.15) is 0 Å². The number of nitro groups is 1. The fourth-order valence-electron chi connectivity index (χ4n) is 1.15. The molecule has 0 atom stereocenters. The highest BCUT2D eigenvalue weighted by Crippen LogP contribution is 2.31. The van der Waals surface area contributed by atoms with Crippen molar-refractivity contribution in [3.63, 3.8) is 0 Å². The van der Waals surface area contributed by atoms with E-state index in [0.717, 1.165) is 6.20 Å². The highest BCUT2D eigenvalue weighted by molar-refractivity contribution is 5.87. The zero-order chi connectivity index (χ0) is 10.1. The fourth-order valence-corrected chi connectivity index (χ4v) is 1.15. The van der Waals surface area contributed by atoms with E-state index in [1.54, 1.807) is 0 Å². The second-order valence-electron chi connectivity index (χ2n) is 2.64. The van der Waals surface area contributed by atoms with Crippen LogP contribution in [0.1, 0.15) is 0 Å². The van der Waals surface area contributed by atoms with Crippen molar-refractivity contribution < 1.29 is 10.0 Å². The number of hydrogen-bond donors (Lipinski definition) is 1. The number of hydrogen-bond acceptors (Lipinski definition) is 5. The quantitative estimate of drug-likeness (QED) is 0.541. The van der Waals surface area contributed by atoms with Gasteiger partial charge >= 0.3 is 5.69 Å². The molecule has 2 aromatic rings. The average molecular weight is 191 g/mol. The minimum absolute atomic E-state index is 0.328. The van der Waals surface area contributed by atoms with Crippen molar-refractivity contribution in [1.29, 1.82) is 0 Å². The van der Waals surface area contributed by atoms with Gasteiger partial charge in [0.05, 0.1) is 22.0 Å². The van der Waals surface area contributed by atoms with Crippen LogP contribution in [0.4, 0.5) is 5.69 Å². The van der Waals surface area contributed by atoms with Crippen LogP contribution in [0.15, 0.2) is 24.7 Å². The maximum atomic E-state index is 10.5. The molecular formula is C8H5N3O3. The van der Waals surface area contributed by atoms with Crippen molar-refractivity contribution >= 4 is 16.6 Å². The normalized spacial score (nSPS) is 10.3. The van der Waals surface area contributed by atoms with Crippen molar-refractivity contribution in [2.45, 2.75) is 0 Å². The molecule has 0 aliphatic rings. The van der Waals surface area contributed by atoms with Crippen LogP contribution < -0.4 is 0 Å². The highest BCUT2D eigenvalue weighted by atomic mass is 16.6. The molecular weight excluding hydrogens is 186 g/mol. The Morgan fingerprint density at radius 3 is 2.93 bits per heavy atom. The summed E-state index contributed by atoms with van der Waals surface area (Å²) in [6.07, 6.45) is 3.88. The van der Waals surface area contributed by atoms with Crippen LogP contribution in [0, 0.1) is 10.1 Å². The van der Waals surface area contributed by atoms with Crippen molar-refractivity contribution in [3.05, 3.63) is 34.8 Å². The standard InChI is InChI=1S/C8H5N3O3/c12-8-5-1-2-9-3-6(5)10-4-7(8)11(13)14/h1-4H,(H,10,12). The van der Waals surface area contributed by atoms with Gasteiger partial charge in [0, 0.05) is 6.20 Å². The zero-order valence-electron chi connectivity index (χ0n) is 6.91. The third-order valence-corrected chi connectivity index (χ3v) is 1.82. The van der Waals surface area contributed by atoms with E-state index in [1.807, 2.05) is 0 Å². The average Bonchev–Trinajstić information content (AvgIpc) is 2.18. The Balaban J connectivity index is 2.81. The summed E-state index contributed by atoms with van der Waals surface area (Å²) in [5, 5.41) is 20.3. The van der Waals surface area contributed by atoms with E-state index in [1.165, 1.54) is 18.5 Å². The lowest BCUT2D eigenvalue weighted by atomic mass is 10.2. The molecule has 0 saturated heterocycles. The van der Waals surface area contributed by atoms with Gasteiger partial charge < -0.3 is 5.11 Å². The van der Waals surface area contributed by atoms with E-state index in [0.29, 0.717) is 10.9 Å². The topological polar surface area (TPSA) is 89.2 Å². The predicted octanol–water partition coefficient (Wildman–Crippen LogP) is 1.24. The number of aromatic hydroxyl groups is 1. The molecule has 0 aliphatic heterocycles. The van der Waals surface area contributed by atoms with Crippen molar-refractivity contribution in [2.24, 2.45) is 0 Å². The van der Waals surface area contributed by atoms with E-state index < -0.39 is 10.6 Å². The van der Waals surface area contributed by atoms with Gasteiger partial charge in [-0.05, 0) is 6.07 Å². The van der Waals surface area contributed by atoms with Crippen LogP contribution in [0.5, 0.6) is 5.75 Å². The Morgan fingerprint density at radius 2 is 2.21 bits per heavy atom. The smallest absolute Gasteiger partial charge is 0.329 e. The minimum atomic E-state index is -0.678. The maximum Gasteiger partial charge on any atom is 0.329 e. The Morgan fingerprint density at radius 1 is 1.43 bits per heavy atom. The van der Waals surface area contributed by atoms with Gasteiger partial charge in [0.25, 0.3) is 0 Å². The van der Waals surface area contributed by atoms with Crippen LogP contribution in [0.2, 0.25) is 0 Å². The molecule has 70 valence electrons. The molecule has 0 saturated carbocycles. The molecule has 2 heterocycles. The SMILES string of the molecule is O=[N+]([O-])c1cnc2cnccc2c1O. The van der Waals surface area contributed by atoms with Crippen LogP contribution in [-0.2, 0) is 0 Å². The summed E-state index contributed by atoms with van der Waals surface area (Å²) >= 11 is 0. The second kappa shape index (κ2) is 2.91. The van der Waals surface area contributed by atoms with Crippen LogP contribution in [-0.4, -0.2) is 20.0 Å². The Kier molecular flexibility index (Phi) is 1.74. The van der Waals surface area contributed by atoms with Gasteiger partial charge in [-0.3, -0.25) is 15.1 Å². The molecule has 0 amide bonds. The van der Waals surface area contributed by atoms with Crippen molar-refractivity contribution in [1.82, 2.24) is 9.97 Å². The lowest BCUT2D eigenvalue weighted by Crippen LogP contribution is -1.91. The van der Waals surface area contributed by atoms with Gasteiger partial charge in [-0.25, -0.2) is 4.98 Å². The monoisotopic (exact) mass is 191 g/mol. The summed E-state index contributed by atoms with van der Waals surface area (Å²) in [6, 6.07) is 1.48. The van der Waals surface area contributed by atoms with Gasteiger partial charge in [0.1, 0.15) is 6.20 Å². The van der Waals surface area contributed by atoms with E-state index >= 15 is 0 Å². The molecule has 1 N–H and O–H groups in total. The summed E-state index contributed by atoms with van der Waals surface area (Å²) in [4.78, 5) is 17.4. The Bertz CT molecular complexity index is 512. The molecule has 2 aromatic heterocycles. The molecule has 0 aromatic carbocycles. The number of nitrogens with zero attached hydrogens (tertiary/aromatic N) is 3. The summed E-state index contributed by atoms with van der Waals surface area (Å²) in [5.74, 6) is -0.373. The number of rotatable bonds is 1. The van der Waals surface area contributed by atoms with Gasteiger partial charge in [-0.15, -0.1) is 0 Å². The van der Waals surface area contributed by atoms with Gasteiger partial charge in [-0.1, -0.05) is 0 Å². The number of fused-ring (bicyclic) bond motifs is 1. The lowest BCUT2D eigenvalue weighted by Gasteiger charge is -1.99. The van der Waals surface area contributed by atoms with Crippen molar-refractivity contribution in [3.8, 4) is 5.75 Å².